The molecule has 10 heteroatoms. The highest BCUT2D eigenvalue weighted by molar-refractivity contribution is 6.01. The summed E-state index contributed by atoms with van der Waals surface area (Å²) in [5.41, 5.74) is 1.69. The molecule has 1 amide bonds. The number of nitrogens with zero attached hydrogens (tertiary/aromatic N) is 3. The number of ether oxygens (including phenoxy) is 2. The van der Waals surface area contributed by atoms with Gasteiger partial charge in [0.25, 0.3) is 0 Å². The number of rotatable bonds is 9. The Hall–Kier alpha value is -4.44. The number of carbonyl (C=O) groups excluding carboxylic acids is 1. The van der Waals surface area contributed by atoms with Gasteiger partial charge in [-0.25, -0.2) is 4.68 Å². The summed E-state index contributed by atoms with van der Waals surface area (Å²) in [6.45, 7) is 0.520. The molecule has 1 N–H and O–H groups in total. The number of methoxy groups -OCH3 is 1. The van der Waals surface area contributed by atoms with Crippen molar-refractivity contribution in [3.63, 3.8) is 0 Å². The van der Waals surface area contributed by atoms with Gasteiger partial charge < -0.3 is 14.8 Å². The van der Waals surface area contributed by atoms with Crippen molar-refractivity contribution in [3.05, 3.63) is 96.1 Å². The summed E-state index contributed by atoms with van der Waals surface area (Å²) in [4.78, 5) is 16.6. The smallest absolute Gasteiger partial charge is 0.416 e. The Morgan fingerprint density at radius 1 is 0.973 bits per heavy atom. The SMILES string of the molecule is COCCOc1nc(-c2ccc(C(F)(F)F)cc2)n(-c2ccc(NC(=O)/C=C/c3ccccc3)cc2)n1. The molecule has 190 valence electrons. The van der Waals surface area contributed by atoms with Crippen molar-refractivity contribution >= 4 is 17.7 Å². The molecule has 0 saturated heterocycles. The Kier molecular flexibility index (Phi) is 7.99. The van der Waals surface area contributed by atoms with E-state index >= 15 is 0 Å². The third-order valence-electron chi connectivity index (χ3n) is 5.18. The van der Waals surface area contributed by atoms with Gasteiger partial charge in [0.15, 0.2) is 5.82 Å². The van der Waals surface area contributed by atoms with Crippen molar-refractivity contribution in [2.24, 2.45) is 0 Å². The van der Waals surface area contributed by atoms with Gasteiger partial charge in [-0.15, -0.1) is 5.10 Å². The summed E-state index contributed by atoms with van der Waals surface area (Å²) in [7, 11) is 1.53. The van der Waals surface area contributed by atoms with E-state index in [1.54, 1.807) is 30.3 Å². The van der Waals surface area contributed by atoms with E-state index in [1.165, 1.54) is 30.0 Å². The van der Waals surface area contributed by atoms with Crippen LogP contribution >= 0.6 is 0 Å². The molecule has 0 unspecified atom stereocenters. The standard InChI is InChI=1S/C27H23F3N4O3/c1-36-17-18-37-26-32-25(20-8-10-21(11-9-20)27(28,29)30)34(33-26)23-14-12-22(13-15-23)31-24(35)16-7-19-5-3-2-4-6-19/h2-16H,17-18H2,1H3,(H,31,35)/b16-7+. The van der Waals surface area contributed by atoms with E-state index in [2.05, 4.69) is 15.4 Å². The summed E-state index contributed by atoms with van der Waals surface area (Å²) in [5, 5.41) is 7.14. The van der Waals surface area contributed by atoms with E-state index in [-0.39, 0.29) is 18.5 Å². The average Bonchev–Trinajstić information content (AvgIpc) is 3.32. The average molecular weight is 509 g/mol. The van der Waals surface area contributed by atoms with Crippen LogP contribution in [0, 0.1) is 0 Å². The van der Waals surface area contributed by atoms with Crippen LogP contribution in [-0.4, -0.2) is 41.0 Å². The van der Waals surface area contributed by atoms with E-state index in [0.29, 0.717) is 29.4 Å². The largest absolute Gasteiger partial charge is 0.460 e. The van der Waals surface area contributed by atoms with Gasteiger partial charge in [-0.2, -0.15) is 18.2 Å². The van der Waals surface area contributed by atoms with Gasteiger partial charge in [0.2, 0.25) is 5.91 Å². The van der Waals surface area contributed by atoms with Crippen LogP contribution in [0.25, 0.3) is 23.2 Å². The van der Waals surface area contributed by atoms with E-state index in [4.69, 9.17) is 9.47 Å². The zero-order chi connectivity index (χ0) is 26.3. The molecule has 37 heavy (non-hydrogen) atoms. The minimum absolute atomic E-state index is 0.0513. The zero-order valence-corrected chi connectivity index (χ0v) is 19.8. The Morgan fingerprint density at radius 2 is 1.68 bits per heavy atom. The van der Waals surface area contributed by atoms with Crippen LogP contribution in [0.3, 0.4) is 0 Å². The first-order valence-corrected chi connectivity index (χ1v) is 11.2. The van der Waals surface area contributed by atoms with Gasteiger partial charge in [0.05, 0.1) is 17.9 Å². The molecule has 0 fully saturated rings. The molecule has 1 aromatic heterocycles. The molecule has 0 saturated carbocycles. The number of hydrogen-bond donors (Lipinski definition) is 1. The molecule has 1 heterocycles. The number of nitrogens with one attached hydrogen (secondary N) is 1. The lowest BCUT2D eigenvalue weighted by Crippen LogP contribution is -2.08. The minimum atomic E-state index is -4.45. The van der Waals surface area contributed by atoms with E-state index in [0.717, 1.165) is 17.7 Å². The summed E-state index contributed by atoms with van der Waals surface area (Å²) in [6, 6.07) is 20.9. The number of halogens is 3. The van der Waals surface area contributed by atoms with Crippen LogP contribution in [-0.2, 0) is 15.7 Å². The Balaban J connectivity index is 1.55. The fourth-order valence-corrected chi connectivity index (χ4v) is 3.35. The lowest BCUT2D eigenvalue weighted by molar-refractivity contribution is -0.137. The quantitative estimate of drug-likeness (QED) is 0.234. The van der Waals surface area contributed by atoms with Gasteiger partial charge in [-0.05, 0) is 48.0 Å². The fourth-order valence-electron chi connectivity index (χ4n) is 3.35. The molecule has 0 radical (unpaired) electrons. The zero-order valence-electron chi connectivity index (χ0n) is 19.8. The van der Waals surface area contributed by atoms with Crippen molar-refractivity contribution in [2.45, 2.75) is 6.18 Å². The predicted molar refractivity (Wildman–Crippen MR) is 133 cm³/mol. The Labute approximate surface area is 211 Å². The molecule has 7 nitrogen and oxygen atoms in total. The molecular weight excluding hydrogens is 485 g/mol. The topological polar surface area (TPSA) is 78.3 Å². The molecule has 0 spiro atoms. The highest BCUT2D eigenvalue weighted by Gasteiger charge is 2.30. The van der Waals surface area contributed by atoms with Crippen molar-refractivity contribution in [3.8, 4) is 23.1 Å². The fraction of sp³-hybridized carbons (Fsp3) is 0.148. The molecule has 0 aliphatic heterocycles. The van der Waals surface area contributed by atoms with Crippen molar-refractivity contribution in [1.29, 1.82) is 0 Å². The van der Waals surface area contributed by atoms with Crippen LogP contribution in [0.4, 0.5) is 18.9 Å². The maximum atomic E-state index is 13.0. The maximum absolute atomic E-state index is 13.0. The maximum Gasteiger partial charge on any atom is 0.416 e. The van der Waals surface area contributed by atoms with Crippen LogP contribution in [0.15, 0.2) is 84.9 Å². The van der Waals surface area contributed by atoms with Crippen LogP contribution in [0.1, 0.15) is 11.1 Å². The number of benzene rings is 3. The Bertz CT molecular complexity index is 1350. The lowest BCUT2D eigenvalue weighted by atomic mass is 10.1. The van der Waals surface area contributed by atoms with Crippen LogP contribution < -0.4 is 10.1 Å². The number of anilines is 1. The number of amides is 1. The van der Waals surface area contributed by atoms with Crippen molar-refractivity contribution < 1.29 is 27.4 Å². The molecular formula is C27H23F3N4O3. The first kappa shape index (κ1) is 25.6. The lowest BCUT2D eigenvalue weighted by Gasteiger charge is -2.09. The van der Waals surface area contributed by atoms with E-state index in [1.807, 2.05) is 30.3 Å². The molecule has 4 rings (SSSR count). The van der Waals surface area contributed by atoms with Crippen molar-refractivity contribution in [1.82, 2.24) is 14.8 Å². The second-order valence-corrected chi connectivity index (χ2v) is 7.83. The second kappa shape index (κ2) is 11.5. The van der Waals surface area contributed by atoms with Gasteiger partial charge in [-0.3, -0.25) is 4.79 Å². The highest BCUT2D eigenvalue weighted by Crippen LogP contribution is 2.31. The van der Waals surface area contributed by atoms with Gasteiger partial charge >= 0.3 is 12.2 Å². The van der Waals surface area contributed by atoms with Gasteiger partial charge in [-0.1, -0.05) is 42.5 Å². The highest BCUT2D eigenvalue weighted by atomic mass is 19.4. The summed E-state index contributed by atoms with van der Waals surface area (Å²) >= 11 is 0. The molecule has 0 aliphatic carbocycles. The number of carbonyl (C=O) groups is 1. The van der Waals surface area contributed by atoms with E-state index < -0.39 is 11.7 Å². The third kappa shape index (κ3) is 6.83. The molecule has 0 atom stereocenters. The second-order valence-electron chi connectivity index (χ2n) is 7.83. The summed E-state index contributed by atoms with van der Waals surface area (Å²) in [5.74, 6) is 0.000327. The molecule has 4 aromatic rings. The van der Waals surface area contributed by atoms with Gasteiger partial charge in [0.1, 0.15) is 6.61 Å². The normalized spacial score (nSPS) is 11.6. The van der Waals surface area contributed by atoms with Crippen LogP contribution in [0.2, 0.25) is 0 Å². The van der Waals surface area contributed by atoms with E-state index in [9.17, 15) is 18.0 Å². The minimum Gasteiger partial charge on any atom is -0.460 e. The number of hydrogen-bond acceptors (Lipinski definition) is 5. The van der Waals surface area contributed by atoms with Gasteiger partial charge in [0, 0.05) is 24.4 Å². The molecule has 0 bridgehead atoms. The third-order valence-corrected chi connectivity index (χ3v) is 5.18. The summed E-state index contributed by atoms with van der Waals surface area (Å²) < 4.78 is 51.0. The first-order valence-electron chi connectivity index (χ1n) is 11.2. The summed E-state index contributed by atoms with van der Waals surface area (Å²) in [6.07, 6.45) is -1.30. The molecule has 0 aliphatic rings. The van der Waals surface area contributed by atoms with Crippen LogP contribution in [0.5, 0.6) is 6.01 Å². The molecule has 3 aromatic carbocycles. The monoisotopic (exact) mass is 508 g/mol. The predicted octanol–water partition coefficient (Wildman–Crippen LogP) is 5.63. The number of aromatic nitrogens is 3. The number of alkyl halides is 3. The first-order chi connectivity index (χ1) is 17.8. The van der Waals surface area contributed by atoms with Crippen molar-refractivity contribution in [2.75, 3.05) is 25.6 Å². The Morgan fingerprint density at radius 3 is 2.32 bits per heavy atom.